The van der Waals surface area contributed by atoms with Gasteiger partial charge in [0.1, 0.15) is 0 Å². The van der Waals surface area contributed by atoms with Gasteiger partial charge < -0.3 is 0 Å². The van der Waals surface area contributed by atoms with Crippen molar-refractivity contribution in [2.24, 2.45) is 0 Å². The SMILES string of the molecule is CC(=O)c1ccc(-n2ncc(Br)c2C2CC2)cc1. The highest BCUT2D eigenvalue weighted by Gasteiger charge is 2.30. The molecule has 3 rings (SSSR count). The highest BCUT2D eigenvalue weighted by Crippen LogP contribution is 2.43. The number of halogens is 1. The molecule has 0 N–H and O–H groups in total. The molecule has 1 aliphatic carbocycles. The number of hydrogen-bond donors (Lipinski definition) is 0. The third-order valence-electron chi connectivity index (χ3n) is 3.24. The number of ketones is 1. The van der Waals surface area contributed by atoms with Crippen molar-refractivity contribution < 1.29 is 4.79 Å². The molecule has 1 aromatic heterocycles. The van der Waals surface area contributed by atoms with Gasteiger partial charge in [0, 0.05) is 11.5 Å². The lowest BCUT2D eigenvalue weighted by atomic mass is 10.1. The minimum absolute atomic E-state index is 0.0885. The maximum Gasteiger partial charge on any atom is 0.159 e. The minimum atomic E-state index is 0.0885. The molecule has 0 bridgehead atoms. The second-order valence-electron chi connectivity index (χ2n) is 4.67. The number of benzene rings is 1. The zero-order valence-corrected chi connectivity index (χ0v) is 11.6. The van der Waals surface area contributed by atoms with Gasteiger partial charge in [-0.3, -0.25) is 4.79 Å². The van der Waals surface area contributed by atoms with Crippen LogP contribution in [0.2, 0.25) is 0 Å². The first-order valence-electron chi connectivity index (χ1n) is 6.01. The van der Waals surface area contributed by atoms with Crippen molar-refractivity contribution in [2.45, 2.75) is 25.7 Å². The summed E-state index contributed by atoms with van der Waals surface area (Å²) in [6.45, 7) is 1.58. The van der Waals surface area contributed by atoms with Gasteiger partial charge in [-0.05, 0) is 60.0 Å². The quantitative estimate of drug-likeness (QED) is 0.810. The van der Waals surface area contributed by atoms with Crippen molar-refractivity contribution in [2.75, 3.05) is 0 Å². The van der Waals surface area contributed by atoms with Gasteiger partial charge in [-0.1, -0.05) is 0 Å². The largest absolute Gasteiger partial charge is 0.295 e. The van der Waals surface area contributed by atoms with Crippen molar-refractivity contribution in [3.05, 3.63) is 46.2 Å². The summed E-state index contributed by atoms with van der Waals surface area (Å²) in [5, 5.41) is 4.41. The van der Waals surface area contributed by atoms with Crippen LogP contribution in [0.1, 0.15) is 41.7 Å². The number of nitrogens with zero attached hydrogens (tertiary/aromatic N) is 2. The summed E-state index contributed by atoms with van der Waals surface area (Å²) in [7, 11) is 0. The number of hydrogen-bond acceptors (Lipinski definition) is 2. The molecule has 1 fully saturated rings. The Morgan fingerprint density at radius 2 is 2.00 bits per heavy atom. The molecule has 0 saturated heterocycles. The summed E-state index contributed by atoms with van der Waals surface area (Å²) >= 11 is 3.56. The number of aromatic nitrogens is 2. The van der Waals surface area contributed by atoms with Crippen LogP contribution < -0.4 is 0 Å². The molecule has 1 aliphatic rings. The van der Waals surface area contributed by atoms with Crippen LogP contribution in [0.15, 0.2) is 34.9 Å². The zero-order chi connectivity index (χ0) is 12.7. The average molecular weight is 305 g/mol. The van der Waals surface area contributed by atoms with E-state index < -0.39 is 0 Å². The summed E-state index contributed by atoms with van der Waals surface area (Å²) in [5.41, 5.74) is 2.98. The molecule has 0 unspecified atom stereocenters. The topological polar surface area (TPSA) is 34.9 Å². The predicted octanol–water partition coefficient (Wildman–Crippen LogP) is 3.71. The number of carbonyl (C=O) groups is 1. The van der Waals surface area contributed by atoms with E-state index >= 15 is 0 Å². The maximum atomic E-state index is 11.3. The summed E-state index contributed by atoms with van der Waals surface area (Å²) in [4.78, 5) is 11.3. The molecule has 18 heavy (non-hydrogen) atoms. The van der Waals surface area contributed by atoms with E-state index in [2.05, 4.69) is 21.0 Å². The molecule has 1 heterocycles. The molecule has 3 nitrogen and oxygen atoms in total. The first kappa shape index (κ1) is 11.7. The molecule has 0 spiro atoms. The second kappa shape index (κ2) is 4.35. The molecule has 0 aliphatic heterocycles. The number of Topliss-reactive ketones (excluding diaryl/α,β-unsaturated/α-hetero) is 1. The molecule has 4 heteroatoms. The smallest absolute Gasteiger partial charge is 0.159 e. The molecule has 1 aromatic carbocycles. The van der Waals surface area contributed by atoms with Crippen LogP contribution in [-0.4, -0.2) is 15.6 Å². The van der Waals surface area contributed by atoms with Gasteiger partial charge in [-0.2, -0.15) is 5.10 Å². The first-order valence-corrected chi connectivity index (χ1v) is 6.81. The van der Waals surface area contributed by atoms with Crippen molar-refractivity contribution >= 4 is 21.7 Å². The Morgan fingerprint density at radius 3 is 2.56 bits per heavy atom. The zero-order valence-electron chi connectivity index (χ0n) is 10.1. The first-order chi connectivity index (χ1) is 8.66. The molecule has 2 aromatic rings. The third kappa shape index (κ3) is 2.01. The summed E-state index contributed by atoms with van der Waals surface area (Å²) < 4.78 is 3.03. The van der Waals surface area contributed by atoms with Crippen molar-refractivity contribution in [3.63, 3.8) is 0 Å². The normalized spacial score (nSPS) is 14.8. The molecule has 0 atom stereocenters. The van der Waals surface area contributed by atoms with Crippen LogP contribution in [0, 0.1) is 0 Å². The number of carbonyl (C=O) groups excluding carboxylic acids is 1. The Hall–Kier alpha value is -1.42. The second-order valence-corrected chi connectivity index (χ2v) is 5.52. The predicted molar refractivity (Wildman–Crippen MR) is 73.2 cm³/mol. The standard InChI is InChI=1S/C14H13BrN2O/c1-9(18)10-4-6-12(7-5-10)17-14(11-2-3-11)13(15)8-16-17/h4-8,11H,2-3H2,1H3. The van der Waals surface area contributed by atoms with E-state index in [1.54, 1.807) is 6.92 Å². The Balaban J connectivity index is 2.01. The summed E-state index contributed by atoms with van der Waals surface area (Å²) in [6.07, 6.45) is 4.30. The van der Waals surface area contributed by atoms with E-state index in [1.165, 1.54) is 18.5 Å². The molecule has 92 valence electrons. The van der Waals surface area contributed by atoms with Crippen LogP contribution >= 0.6 is 15.9 Å². The lowest BCUT2D eigenvalue weighted by Gasteiger charge is -2.07. The fraction of sp³-hybridized carbons (Fsp3) is 0.286. The highest BCUT2D eigenvalue weighted by atomic mass is 79.9. The average Bonchev–Trinajstić information content (AvgIpc) is 3.13. The Bertz CT molecular complexity index is 597. The van der Waals surface area contributed by atoms with Crippen molar-refractivity contribution in [3.8, 4) is 5.69 Å². The van der Waals surface area contributed by atoms with Crippen LogP contribution in [0.25, 0.3) is 5.69 Å². The highest BCUT2D eigenvalue weighted by molar-refractivity contribution is 9.10. The van der Waals surface area contributed by atoms with Crippen LogP contribution in [0.4, 0.5) is 0 Å². The number of rotatable bonds is 3. The monoisotopic (exact) mass is 304 g/mol. The van der Waals surface area contributed by atoms with E-state index in [0.717, 1.165) is 15.7 Å². The third-order valence-corrected chi connectivity index (χ3v) is 3.85. The minimum Gasteiger partial charge on any atom is -0.295 e. The fourth-order valence-corrected chi connectivity index (χ4v) is 2.69. The van der Waals surface area contributed by atoms with Crippen molar-refractivity contribution in [1.29, 1.82) is 0 Å². The van der Waals surface area contributed by atoms with Gasteiger partial charge in [-0.25, -0.2) is 4.68 Å². The lowest BCUT2D eigenvalue weighted by Crippen LogP contribution is -2.02. The summed E-state index contributed by atoms with van der Waals surface area (Å²) in [5.74, 6) is 0.708. The van der Waals surface area contributed by atoms with Gasteiger partial charge in [0.15, 0.2) is 5.78 Å². The molecule has 1 saturated carbocycles. The van der Waals surface area contributed by atoms with E-state index in [-0.39, 0.29) is 5.78 Å². The molecular formula is C14H13BrN2O. The Morgan fingerprint density at radius 1 is 1.33 bits per heavy atom. The fourth-order valence-electron chi connectivity index (χ4n) is 2.11. The Labute approximate surface area is 114 Å². The van der Waals surface area contributed by atoms with Crippen LogP contribution in [0.3, 0.4) is 0 Å². The van der Waals surface area contributed by atoms with E-state index in [0.29, 0.717) is 5.92 Å². The van der Waals surface area contributed by atoms with Crippen LogP contribution in [-0.2, 0) is 0 Å². The molecular weight excluding hydrogens is 292 g/mol. The molecule has 0 radical (unpaired) electrons. The summed E-state index contributed by atoms with van der Waals surface area (Å²) in [6, 6.07) is 7.60. The lowest BCUT2D eigenvalue weighted by molar-refractivity contribution is 0.101. The van der Waals surface area contributed by atoms with Gasteiger partial charge in [-0.15, -0.1) is 0 Å². The van der Waals surface area contributed by atoms with E-state index in [9.17, 15) is 4.79 Å². The molecule has 0 amide bonds. The maximum absolute atomic E-state index is 11.3. The van der Waals surface area contributed by atoms with Crippen LogP contribution in [0.5, 0.6) is 0 Å². The van der Waals surface area contributed by atoms with Gasteiger partial charge in [0.25, 0.3) is 0 Å². The van der Waals surface area contributed by atoms with Gasteiger partial charge >= 0.3 is 0 Å². The van der Waals surface area contributed by atoms with E-state index in [1.807, 2.05) is 35.1 Å². The Kier molecular flexibility index (Phi) is 2.82. The van der Waals surface area contributed by atoms with E-state index in [4.69, 9.17) is 0 Å². The van der Waals surface area contributed by atoms with Gasteiger partial charge in [0.2, 0.25) is 0 Å². The van der Waals surface area contributed by atoms with Gasteiger partial charge in [0.05, 0.1) is 22.1 Å². The van der Waals surface area contributed by atoms with Crippen molar-refractivity contribution in [1.82, 2.24) is 9.78 Å².